The maximum absolute atomic E-state index is 14.5. The summed E-state index contributed by atoms with van der Waals surface area (Å²) in [5.74, 6) is -1.07. The van der Waals surface area contributed by atoms with Gasteiger partial charge in [0.15, 0.2) is 11.5 Å². The minimum atomic E-state index is -0.669. The Morgan fingerprint density at radius 3 is 2.19 bits per heavy atom. The molecule has 1 aliphatic rings. The molecule has 0 spiro atoms. The van der Waals surface area contributed by atoms with Crippen LogP contribution in [0.5, 0.6) is 11.5 Å². The molecule has 0 bridgehead atoms. The Morgan fingerprint density at radius 1 is 0.844 bits per heavy atom. The predicted octanol–water partition coefficient (Wildman–Crippen LogP) is 4.55. The molecule has 4 rings (SSSR count). The summed E-state index contributed by atoms with van der Waals surface area (Å²) in [6.45, 7) is 1.95. The van der Waals surface area contributed by atoms with Crippen molar-refractivity contribution in [3.8, 4) is 11.5 Å². The van der Waals surface area contributed by atoms with Gasteiger partial charge in [-0.3, -0.25) is 9.59 Å². The molecular weight excluding hydrogens is 411 g/mol. The van der Waals surface area contributed by atoms with Crippen LogP contribution in [0.2, 0.25) is 0 Å². The van der Waals surface area contributed by atoms with Gasteiger partial charge in [-0.15, -0.1) is 0 Å². The second-order valence-electron chi connectivity index (χ2n) is 7.21. The van der Waals surface area contributed by atoms with E-state index in [1.165, 1.54) is 32.4 Å². The highest BCUT2D eigenvalue weighted by atomic mass is 19.1. The van der Waals surface area contributed by atoms with Crippen molar-refractivity contribution in [2.75, 3.05) is 24.4 Å². The normalized spacial score (nSPS) is 13.6. The lowest BCUT2D eigenvalue weighted by atomic mass is 10.0. The minimum absolute atomic E-state index is 0.0503. The maximum Gasteiger partial charge on any atom is 0.282 e. The molecule has 7 heteroatoms. The SMILES string of the molecule is COc1ccc(C2=C(Nc3ccc(C)cc3)C(=O)N(c3ccccc3F)C2=O)cc1OC. The third kappa shape index (κ3) is 3.69. The fourth-order valence-electron chi connectivity index (χ4n) is 3.54. The highest BCUT2D eigenvalue weighted by Crippen LogP contribution is 2.38. The van der Waals surface area contributed by atoms with Crippen molar-refractivity contribution in [3.05, 3.63) is 89.4 Å². The Balaban J connectivity index is 1.86. The van der Waals surface area contributed by atoms with Gasteiger partial charge in [0.05, 0.1) is 25.5 Å². The molecule has 0 aliphatic carbocycles. The number of halogens is 1. The first-order valence-electron chi connectivity index (χ1n) is 9.88. The Kier molecular flexibility index (Phi) is 5.64. The topological polar surface area (TPSA) is 67.9 Å². The molecule has 32 heavy (non-hydrogen) atoms. The summed E-state index contributed by atoms with van der Waals surface area (Å²) in [5.41, 5.74) is 2.16. The average molecular weight is 432 g/mol. The van der Waals surface area contributed by atoms with Crippen LogP contribution in [0.15, 0.2) is 72.4 Å². The van der Waals surface area contributed by atoms with Gasteiger partial charge in [-0.25, -0.2) is 9.29 Å². The van der Waals surface area contributed by atoms with Crippen LogP contribution in [0.25, 0.3) is 5.57 Å². The zero-order chi connectivity index (χ0) is 22.8. The summed E-state index contributed by atoms with van der Waals surface area (Å²) in [4.78, 5) is 27.7. The second kappa shape index (κ2) is 8.55. The average Bonchev–Trinajstić information content (AvgIpc) is 3.04. The number of ether oxygens (including phenoxy) is 2. The standard InChI is InChI=1S/C25H21FN2O4/c1-15-8-11-17(12-9-15)27-23-22(16-10-13-20(31-2)21(14-16)32-3)24(29)28(25(23)30)19-7-5-4-6-18(19)26/h4-14,27H,1-3H3. The van der Waals surface area contributed by atoms with Gasteiger partial charge in [0, 0.05) is 5.69 Å². The molecule has 0 radical (unpaired) electrons. The molecule has 0 saturated heterocycles. The van der Waals surface area contributed by atoms with Gasteiger partial charge in [0.1, 0.15) is 11.5 Å². The molecule has 0 saturated carbocycles. The first-order chi connectivity index (χ1) is 15.4. The lowest BCUT2D eigenvalue weighted by molar-refractivity contribution is -0.120. The number of aryl methyl sites for hydroxylation is 1. The molecule has 3 aromatic rings. The van der Waals surface area contributed by atoms with E-state index in [0.717, 1.165) is 10.5 Å². The van der Waals surface area contributed by atoms with Crippen LogP contribution < -0.4 is 19.7 Å². The largest absolute Gasteiger partial charge is 0.493 e. The first-order valence-corrected chi connectivity index (χ1v) is 9.88. The number of nitrogens with one attached hydrogen (secondary N) is 1. The van der Waals surface area contributed by atoms with Crippen LogP contribution in [0.4, 0.5) is 15.8 Å². The molecule has 162 valence electrons. The molecule has 6 nitrogen and oxygen atoms in total. The van der Waals surface area contributed by atoms with E-state index >= 15 is 0 Å². The van der Waals surface area contributed by atoms with E-state index in [9.17, 15) is 14.0 Å². The first kappa shape index (κ1) is 21.1. The molecule has 3 aromatic carbocycles. The smallest absolute Gasteiger partial charge is 0.282 e. The molecular formula is C25H21FN2O4. The van der Waals surface area contributed by atoms with E-state index < -0.39 is 17.6 Å². The van der Waals surface area contributed by atoms with Crippen molar-refractivity contribution in [1.82, 2.24) is 0 Å². The number of carbonyl (C=O) groups excluding carboxylic acids is 2. The molecule has 0 unspecified atom stereocenters. The molecule has 1 aliphatic heterocycles. The van der Waals surface area contributed by atoms with Gasteiger partial charge in [0.2, 0.25) is 0 Å². The number of para-hydroxylation sites is 1. The lowest BCUT2D eigenvalue weighted by Gasteiger charge is -2.16. The Hall–Kier alpha value is -4.13. The van der Waals surface area contributed by atoms with Crippen molar-refractivity contribution >= 4 is 28.8 Å². The van der Waals surface area contributed by atoms with Crippen LogP contribution in [0, 0.1) is 12.7 Å². The van der Waals surface area contributed by atoms with Gasteiger partial charge in [-0.1, -0.05) is 35.9 Å². The zero-order valence-corrected chi connectivity index (χ0v) is 17.8. The van der Waals surface area contributed by atoms with Gasteiger partial charge in [0.25, 0.3) is 11.8 Å². The second-order valence-corrected chi connectivity index (χ2v) is 7.21. The summed E-state index contributed by atoms with van der Waals surface area (Å²) in [6, 6.07) is 18.0. The number of anilines is 2. The third-order valence-electron chi connectivity index (χ3n) is 5.17. The highest BCUT2D eigenvalue weighted by Gasteiger charge is 2.41. The van der Waals surface area contributed by atoms with Gasteiger partial charge < -0.3 is 14.8 Å². The zero-order valence-electron chi connectivity index (χ0n) is 17.8. The summed E-state index contributed by atoms with van der Waals surface area (Å²) < 4.78 is 25.1. The van der Waals surface area contributed by atoms with Gasteiger partial charge in [-0.05, 0) is 48.9 Å². The van der Waals surface area contributed by atoms with Crippen molar-refractivity contribution in [2.24, 2.45) is 0 Å². The number of nitrogens with zero attached hydrogens (tertiary/aromatic N) is 1. The number of amides is 2. The predicted molar refractivity (Wildman–Crippen MR) is 120 cm³/mol. The van der Waals surface area contributed by atoms with Crippen LogP contribution in [0.1, 0.15) is 11.1 Å². The van der Waals surface area contributed by atoms with E-state index in [1.807, 2.05) is 19.1 Å². The maximum atomic E-state index is 14.5. The summed E-state index contributed by atoms with van der Waals surface area (Å²) in [6.07, 6.45) is 0. The van der Waals surface area contributed by atoms with Crippen molar-refractivity contribution in [1.29, 1.82) is 0 Å². The fourth-order valence-corrected chi connectivity index (χ4v) is 3.54. The highest BCUT2D eigenvalue weighted by molar-refractivity contribution is 6.46. The molecule has 0 fully saturated rings. The monoisotopic (exact) mass is 432 g/mol. The number of methoxy groups -OCH3 is 2. The van der Waals surface area contributed by atoms with E-state index in [1.54, 1.807) is 36.4 Å². The Bertz CT molecular complexity index is 1230. The minimum Gasteiger partial charge on any atom is -0.493 e. The van der Waals surface area contributed by atoms with E-state index in [0.29, 0.717) is 22.7 Å². The Labute approximate surface area is 184 Å². The van der Waals surface area contributed by atoms with Crippen LogP contribution in [-0.2, 0) is 9.59 Å². The van der Waals surface area contributed by atoms with Crippen molar-refractivity contribution in [2.45, 2.75) is 6.92 Å². The summed E-state index contributed by atoms with van der Waals surface area (Å²) in [5, 5.41) is 3.06. The lowest BCUT2D eigenvalue weighted by Crippen LogP contribution is -2.33. The molecule has 0 aromatic heterocycles. The van der Waals surface area contributed by atoms with Crippen LogP contribution >= 0.6 is 0 Å². The van der Waals surface area contributed by atoms with E-state index in [2.05, 4.69) is 5.32 Å². The Morgan fingerprint density at radius 2 is 1.53 bits per heavy atom. The molecule has 2 amide bonds. The van der Waals surface area contributed by atoms with Gasteiger partial charge in [-0.2, -0.15) is 0 Å². The quantitative estimate of drug-likeness (QED) is 0.579. The fraction of sp³-hybridized carbons (Fsp3) is 0.120. The summed E-state index contributed by atoms with van der Waals surface area (Å²) in [7, 11) is 2.99. The molecule has 1 heterocycles. The summed E-state index contributed by atoms with van der Waals surface area (Å²) >= 11 is 0. The van der Waals surface area contributed by atoms with Crippen LogP contribution in [-0.4, -0.2) is 26.0 Å². The number of imide groups is 1. The van der Waals surface area contributed by atoms with Gasteiger partial charge >= 0.3 is 0 Å². The van der Waals surface area contributed by atoms with Crippen molar-refractivity contribution < 1.29 is 23.5 Å². The van der Waals surface area contributed by atoms with Crippen LogP contribution in [0.3, 0.4) is 0 Å². The van der Waals surface area contributed by atoms with Crippen molar-refractivity contribution in [3.63, 3.8) is 0 Å². The number of rotatable bonds is 6. The number of carbonyl (C=O) groups is 2. The van der Waals surface area contributed by atoms with E-state index in [4.69, 9.17) is 9.47 Å². The number of hydrogen-bond acceptors (Lipinski definition) is 5. The number of hydrogen-bond donors (Lipinski definition) is 1. The number of benzene rings is 3. The third-order valence-corrected chi connectivity index (χ3v) is 5.17. The van der Waals surface area contributed by atoms with E-state index in [-0.39, 0.29) is 17.0 Å². The molecule has 1 N–H and O–H groups in total. The molecule has 0 atom stereocenters.